The highest BCUT2D eigenvalue weighted by molar-refractivity contribution is 14.0. The topological polar surface area (TPSA) is 58.1 Å². The van der Waals surface area contributed by atoms with Gasteiger partial charge in [-0.25, -0.2) is 0 Å². The molecule has 25 heavy (non-hydrogen) atoms. The van der Waals surface area contributed by atoms with Gasteiger partial charge < -0.3 is 25.0 Å². The quantitative estimate of drug-likeness (QED) is 0.210. The van der Waals surface area contributed by atoms with Crippen molar-refractivity contribution in [2.75, 3.05) is 60.2 Å². The summed E-state index contributed by atoms with van der Waals surface area (Å²) in [6.45, 7) is 10.7. The lowest BCUT2D eigenvalue weighted by molar-refractivity contribution is 0.0203. The minimum atomic E-state index is 0. The van der Waals surface area contributed by atoms with E-state index >= 15 is 0 Å². The molecule has 0 aliphatic carbocycles. The summed E-state index contributed by atoms with van der Waals surface area (Å²) < 4.78 is 11.1. The highest BCUT2D eigenvalue weighted by Crippen LogP contribution is 2.14. The van der Waals surface area contributed by atoms with Crippen molar-refractivity contribution in [3.63, 3.8) is 0 Å². The Hall–Kier alpha value is -0.120. The van der Waals surface area contributed by atoms with Gasteiger partial charge in [-0.05, 0) is 45.6 Å². The first kappa shape index (κ1) is 24.9. The second-order valence-electron chi connectivity index (χ2n) is 6.65. The molecule has 1 fully saturated rings. The largest absolute Gasteiger partial charge is 0.381 e. The summed E-state index contributed by atoms with van der Waals surface area (Å²) in [5.41, 5.74) is 0. The Morgan fingerprint density at radius 1 is 1.28 bits per heavy atom. The van der Waals surface area contributed by atoms with Gasteiger partial charge in [0.05, 0.1) is 0 Å². The lowest BCUT2D eigenvalue weighted by Crippen LogP contribution is -2.42. The molecular formula is C18H39IN4O2. The van der Waals surface area contributed by atoms with Crippen LogP contribution in [0.4, 0.5) is 0 Å². The van der Waals surface area contributed by atoms with Crippen molar-refractivity contribution in [1.29, 1.82) is 0 Å². The van der Waals surface area contributed by atoms with E-state index in [0.29, 0.717) is 12.0 Å². The Morgan fingerprint density at radius 2 is 1.96 bits per heavy atom. The molecule has 1 rings (SSSR count). The summed E-state index contributed by atoms with van der Waals surface area (Å²) in [6, 6.07) is 0.620. The molecule has 6 nitrogen and oxygen atoms in total. The van der Waals surface area contributed by atoms with Crippen LogP contribution < -0.4 is 10.6 Å². The zero-order chi connectivity index (χ0) is 17.6. The maximum absolute atomic E-state index is 5.78. The summed E-state index contributed by atoms with van der Waals surface area (Å²) in [5, 5.41) is 6.71. The van der Waals surface area contributed by atoms with Crippen LogP contribution in [0.3, 0.4) is 0 Å². The fourth-order valence-electron chi connectivity index (χ4n) is 2.65. The van der Waals surface area contributed by atoms with Gasteiger partial charge in [0.2, 0.25) is 0 Å². The van der Waals surface area contributed by atoms with E-state index < -0.39 is 0 Å². The summed E-state index contributed by atoms with van der Waals surface area (Å²) in [7, 11) is 3.98. The molecule has 0 spiro atoms. The van der Waals surface area contributed by atoms with Crippen LogP contribution in [0.5, 0.6) is 0 Å². The van der Waals surface area contributed by atoms with E-state index in [0.717, 1.165) is 71.3 Å². The smallest absolute Gasteiger partial charge is 0.191 e. The van der Waals surface area contributed by atoms with E-state index in [9.17, 15) is 0 Å². The number of likely N-dealkylation sites (N-methyl/N-ethyl adjacent to an activating group) is 1. The van der Waals surface area contributed by atoms with Crippen LogP contribution in [-0.4, -0.2) is 77.1 Å². The first-order chi connectivity index (χ1) is 11.7. The molecule has 1 aliphatic heterocycles. The molecule has 150 valence electrons. The summed E-state index contributed by atoms with van der Waals surface area (Å²) in [5.74, 6) is 1.56. The number of ether oxygens (including phenoxy) is 2. The minimum Gasteiger partial charge on any atom is -0.381 e. The van der Waals surface area contributed by atoms with Crippen molar-refractivity contribution < 1.29 is 9.47 Å². The van der Waals surface area contributed by atoms with Gasteiger partial charge in [-0.15, -0.1) is 24.0 Å². The van der Waals surface area contributed by atoms with Gasteiger partial charge in [0.15, 0.2) is 5.96 Å². The number of rotatable bonds is 11. The summed E-state index contributed by atoms with van der Waals surface area (Å²) in [4.78, 5) is 6.63. The van der Waals surface area contributed by atoms with Gasteiger partial charge in [0, 0.05) is 59.2 Å². The average molecular weight is 470 g/mol. The molecule has 0 radical (unpaired) electrons. The van der Waals surface area contributed by atoms with Crippen LogP contribution in [-0.2, 0) is 9.47 Å². The van der Waals surface area contributed by atoms with Crippen LogP contribution in [0.1, 0.15) is 39.5 Å². The van der Waals surface area contributed by atoms with E-state index in [2.05, 4.69) is 41.4 Å². The van der Waals surface area contributed by atoms with Crippen molar-refractivity contribution in [3.05, 3.63) is 0 Å². The zero-order valence-electron chi connectivity index (χ0n) is 16.6. The fourth-order valence-corrected chi connectivity index (χ4v) is 2.65. The van der Waals surface area contributed by atoms with Gasteiger partial charge in [-0.1, -0.05) is 6.92 Å². The molecule has 2 N–H and O–H groups in total. The number of aliphatic imine (C=N–C) groups is 1. The van der Waals surface area contributed by atoms with Crippen LogP contribution in [0.25, 0.3) is 0 Å². The number of hydrogen-bond donors (Lipinski definition) is 2. The molecule has 1 unspecified atom stereocenters. The van der Waals surface area contributed by atoms with Crippen molar-refractivity contribution in [1.82, 2.24) is 15.5 Å². The minimum absolute atomic E-state index is 0. The highest BCUT2D eigenvalue weighted by Gasteiger charge is 2.13. The molecule has 0 amide bonds. The molecule has 1 saturated heterocycles. The van der Waals surface area contributed by atoms with Crippen molar-refractivity contribution >= 4 is 29.9 Å². The first-order valence-electron chi connectivity index (χ1n) is 9.47. The third-order valence-corrected chi connectivity index (χ3v) is 4.78. The number of guanidine groups is 1. The number of nitrogens with one attached hydrogen (secondary N) is 2. The molecule has 7 heteroatoms. The SMILES string of the molecule is CCC(C)N(C)CCNC(=NC)NCCCOCC1CCOCC1.I. The predicted molar refractivity (Wildman–Crippen MR) is 116 cm³/mol. The van der Waals surface area contributed by atoms with E-state index in [1.807, 2.05) is 7.05 Å². The third kappa shape index (κ3) is 12.0. The highest BCUT2D eigenvalue weighted by atomic mass is 127. The average Bonchev–Trinajstić information content (AvgIpc) is 2.62. The fraction of sp³-hybridized carbons (Fsp3) is 0.944. The summed E-state index contributed by atoms with van der Waals surface area (Å²) in [6.07, 6.45) is 4.45. The molecule has 0 saturated carbocycles. The van der Waals surface area contributed by atoms with Gasteiger partial charge in [0.25, 0.3) is 0 Å². The van der Waals surface area contributed by atoms with Gasteiger partial charge >= 0.3 is 0 Å². The molecule has 1 heterocycles. The van der Waals surface area contributed by atoms with E-state index in [4.69, 9.17) is 9.47 Å². The Morgan fingerprint density at radius 3 is 2.60 bits per heavy atom. The van der Waals surface area contributed by atoms with E-state index in [1.54, 1.807) is 0 Å². The van der Waals surface area contributed by atoms with Crippen LogP contribution in [0.2, 0.25) is 0 Å². The van der Waals surface area contributed by atoms with Gasteiger partial charge in [-0.2, -0.15) is 0 Å². The van der Waals surface area contributed by atoms with Crippen LogP contribution >= 0.6 is 24.0 Å². The lowest BCUT2D eigenvalue weighted by atomic mass is 10.0. The normalized spacial score (nSPS) is 17.2. The third-order valence-electron chi connectivity index (χ3n) is 4.78. The van der Waals surface area contributed by atoms with Gasteiger partial charge in [-0.3, -0.25) is 4.99 Å². The predicted octanol–water partition coefficient (Wildman–Crippen LogP) is 2.33. The Balaban J connectivity index is 0.00000576. The first-order valence-corrected chi connectivity index (χ1v) is 9.47. The molecule has 1 atom stereocenters. The number of hydrogen-bond acceptors (Lipinski definition) is 4. The van der Waals surface area contributed by atoms with Crippen molar-refractivity contribution in [2.24, 2.45) is 10.9 Å². The maximum Gasteiger partial charge on any atom is 0.191 e. The van der Waals surface area contributed by atoms with Crippen LogP contribution in [0, 0.1) is 5.92 Å². The number of halogens is 1. The van der Waals surface area contributed by atoms with E-state index in [-0.39, 0.29) is 24.0 Å². The van der Waals surface area contributed by atoms with Gasteiger partial charge in [0.1, 0.15) is 0 Å². The van der Waals surface area contributed by atoms with Crippen LogP contribution in [0.15, 0.2) is 4.99 Å². The second-order valence-corrected chi connectivity index (χ2v) is 6.65. The number of nitrogens with zero attached hydrogens (tertiary/aromatic N) is 2. The molecule has 0 aromatic carbocycles. The molecule has 0 aromatic rings. The lowest BCUT2D eigenvalue weighted by Gasteiger charge is -2.24. The van der Waals surface area contributed by atoms with Crippen molar-refractivity contribution in [2.45, 2.75) is 45.6 Å². The second kappa shape index (κ2) is 16.1. The van der Waals surface area contributed by atoms with Crippen molar-refractivity contribution in [3.8, 4) is 0 Å². The Bertz CT molecular complexity index is 339. The molecule has 0 bridgehead atoms. The zero-order valence-corrected chi connectivity index (χ0v) is 18.9. The molecular weight excluding hydrogens is 431 g/mol. The standard InChI is InChI=1S/C18H38N4O2.HI/c1-5-16(2)22(4)11-10-21-18(19-3)20-9-6-12-24-15-17-7-13-23-14-8-17;/h16-17H,5-15H2,1-4H3,(H2,19,20,21);1H. The Labute approximate surface area is 171 Å². The Kier molecular flexibility index (Phi) is 16.0. The molecule has 0 aromatic heterocycles. The van der Waals surface area contributed by atoms with E-state index in [1.165, 1.54) is 6.42 Å². The summed E-state index contributed by atoms with van der Waals surface area (Å²) >= 11 is 0. The molecule has 1 aliphatic rings. The maximum atomic E-state index is 5.78. The monoisotopic (exact) mass is 470 g/mol.